The maximum atomic E-state index is 12.2. The van der Waals surface area contributed by atoms with Gasteiger partial charge in [-0.3, -0.25) is 14.4 Å². The van der Waals surface area contributed by atoms with E-state index in [1.165, 1.54) is 30.7 Å². The Kier molecular flexibility index (Phi) is 5.69. The van der Waals surface area contributed by atoms with E-state index in [1.807, 2.05) is 0 Å². The van der Waals surface area contributed by atoms with Crippen LogP contribution in [0.1, 0.15) is 43.0 Å². The van der Waals surface area contributed by atoms with Gasteiger partial charge in [-0.1, -0.05) is 25.8 Å². The number of esters is 1. The predicted octanol–water partition coefficient (Wildman–Crippen LogP) is 1.97. The van der Waals surface area contributed by atoms with E-state index in [0.717, 1.165) is 24.2 Å². The van der Waals surface area contributed by atoms with E-state index in [9.17, 15) is 19.2 Å². The summed E-state index contributed by atoms with van der Waals surface area (Å²) >= 11 is 0. The zero-order chi connectivity index (χ0) is 19.4. The normalized spacial score (nSPS) is 22.0. The molecule has 1 heterocycles. The van der Waals surface area contributed by atoms with Gasteiger partial charge in [0.05, 0.1) is 11.3 Å². The second kappa shape index (κ2) is 8.16. The van der Waals surface area contributed by atoms with Gasteiger partial charge in [0.2, 0.25) is 0 Å². The second-order valence-electron chi connectivity index (χ2n) is 6.91. The van der Waals surface area contributed by atoms with Crippen LogP contribution in [-0.4, -0.2) is 36.3 Å². The van der Waals surface area contributed by atoms with Crippen molar-refractivity contribution in [1.29, 1.82) is 0 Å². The molecule has 1 aromatic carbocycles. The lowest BCUT2D eigenvalue weighted by Crippen LogP contribution is -2.42. The van der Waals surface area contributed by atoms with Crippen molar-refractivity contribution in [2.45, 2.75) is 38.6 Å². The van der Waals surface area contributed by atoms with Crippen LogP contribution in [0.25, 0.3) is 0 Å². The zero-order valence-electron chi connectivity index (χ0n) is 15.1. The molecule has 7 nitrogen and oxygen atoms in total. The monoisotopic (exact) mass is 370 g/mol. The fourth-order valence-electron chi connectivity index (χ4n) is 3.42. The Morgan fingerprint density at radius 3 is 2.56 bits per heavy atom. The third kappa shape index (κ3) is 4.42. The van der Waals surface area contributed by atoms with Gasteiger partial charge >= 0.3 is 5.97 Å². The number of nitrogens with one attached hydrogen (secondary N) is 1. The molecular weight excluding hydrogens is 348 g/mol. The van der Waals surface area contributed by atoms with Gasteiger partial charge in [0.15, 0.2) is 6.61 Å². The third-order valence-corrected chi connectivity index (χ3v) is 4.94. The van der Waals surface area contributed by atoms with Crippen LogP contribution in [0, 0.1) is 5.92 Å². The number of nitrogens with zero attached hydrogens (tertiary/aromatic N) is 1. The average Bonchev–Trinajstić information content (AvgIpc) is 3.00. The lowest BCUT2D eigenvalue weighted by molar-refractivity contribution is -0.125. The molecule has 1 aliphatic heterocycles. The highest BCUT2D eigenvalue weighted by atomic mass is 16.5. The smallest absolute Gasteiger partial charge is 0.338 e. The minimum absolute atomic E-state index is 0.118. The zero-order valence-corrected chi connectivity index (χ0v) is 15.1. The Morgan fingerprint density at radius 1 is 1.15 bits per heavy atom. The number of benzene rings is 1. The fraction of sp³-hybridized carbons (Fsp3) is 0.400. The lowest BCUT2D eigenvalue weighted by Gasteiger charge is -2.29. The van der Waals surface area contributed by atoms with Gasteiger partial charge in [0.1, 0.15) is 0 Å². The highest BCUT2D eigenvalue weighted by Gasteiger charge is 2.26. The SMILES string of the molecule is C[C@@H]1CCCC[C@H]1NC(=O)COC(=O)c1cccc(N2C(=O)C=CC2=O)c1. The Labute approximate surface area is 157 Å². The first-order valence-corrected chi connectivity index (χ1v) is 9.08. The molecule has 1 N–H and O–H groups in total. The number of hydrogen-bond acceptors (Lipinski definition) is 5. The summed E-state index contributed by atoms with van der Waals surface area (Å²) in [5, 5.41) is 2.92. The van der Waals surface area contributed by atoms with Crippen molar-refractivity contribution in [3.05, 3.63) is 42.0 Å². The Hall–Kier alpha value is -2.96. The number of rotatable bonds is 5. The molecule has 2 aliphatic rings. The summed E-state index contributed by atoms with van der Waals surface area (Å²) in [6.45, 7) is 1.74. The molecule has 0 unspecified atom stereocenters. The van der Waals surface area contributed by atoms with Crippen LogP contribution in [0.5, 0.6) is 0 Å². The Balaban J connectivity index is 1.56. The lowest BCUT2D eigenvalue weighted by atomic mass is 9.86. The van der Waals surface area contributed by atoms with Crippen LogP contribution in [-0.2, 0) is 19.1 Å². The molecule has 0 aromatic heterocycles. The first-order chi connectivity index (χ1) is 13.0. The van der Waals surface area contributed by atoms with Crippen molar-refractivity contribution in [3.63, 3.8) is 0 Å². The van der Waals surface area contributed by atoms with E-state index in [4.69, 9.17) is 4.74 Å². The van der Waals surface area contributed by atoms with Crippen LogP contribution in [0.2, 0.25) is 0 Å². The first kappa shape index (κ1) is 18.8. The summed E-state index contributed by atoms with van der Waals surface area (Å²) in [5.74, 6) is -1.53. The molecule has 27 heavy (non-hydrogen) atoms. The molecule has 1 aromatic rings. The molecule has 7 heteroatoms. The second-order valence-corrected chi connectivity index (χ2v) is 6.91. The van der Waals surface area contributed by atoms with Crippen molar-refractivity contribution in [1.82, 2.24) is 5.32 Å². The van der Waals surface area contributed by atoms with E-state index in [-0.39, 0.29) is 29.8 Å². The number of carbonyl (C=O) groups excluding carboxylic acids is 4. The number of ether oxygens (including phenoxy) is 1. The molecule has 3 rings (SSSR count). The number of hydrogen-bond donors (Lipinski definition) is 1. The highest BCUT2D eigenvalue weighted by Crippen LogP contribution is 2.24. The summed E-state index contributed by atoms with van der Waals surface area (Å²) in [4.78, 5) is 48.7. The van der Waals surface area contributed by atoms with Crippen molar-refractivity contribution >= 4 is 29.4 Å². The number of anilines is 1. The number of carbonyl (C=O) groups is 4. The largest absolute Gasteiger partial charge is 0.452 e. The van der Waals surface area contributed by atoms with E-state index < -0.39 is 17.8 Å². The molecule has 2 atom stereocenters. The van der Waals surface area contributed by atoms with Crippen LogP contribution in [0.3, 0.4) is 0 Å². The summed E-state index contributed by atoms with van der Waals surface area (Å²) in [5.41, 5.74) is 0.448. The van der Waals surface area contributed by atoms with Crippen molar-refractivity contribution in [2.75, 3.05) is 11.5 Å². The van der Waals surface area contributed by atoms with E-state index >= 15 is 0 Å². The van der Waals surface area contributed by atoms with Crippen LogP contribution in [0.15, 0.2) is 36.4 Å². The molecular formula is C20H22N2O5. The van der Waals surface area contributed by atoms with Gasteiger partial charge in [-0.15, -0.1) is 0 Å². The molecule has 142 valence electrons. The minimum Gasteiger partial charge on any atom is -0.452 e. The molecule has 0 radical (unpaired) electrons. The Morgan fingerprint density at radius 2 is 1.85 bits per heavy atom. The number of imide groups is 1. The van der Waals surface area contributed by atoms with E-state index in [2.05, 4.69) is 12.2 Å². The maximum Gasteiger partial charge on any atom is 0.338 e. The minimum atomic E-state index is -0.684. The molecule has 1 saturated carbocycles. The van der Waals surface area contributed by atoms with Crippen LogP contribution in [0.4, 0.5) is 5.69 Å². The molecule has 1 fully saturated rings. The Bertz CT molecular complexity index is 783. The first-order valence-electron chi connectivity index (χ1n) is 9.08. The van der Waals surface area contributed by atoms with Gasteiger partial charge < -0.3 is 10.1 Å². The van der Waals surface area contributed by atoms with Gasteiger partial charge in [-0.25, -0.2) is 9.69 Å². The third-order valence-electron chi connectivity index (χ3n) is 4.94. The molecule has 0 spiro atoms. The molecule has 0 saturated heterocycles. The molecule has 0 bridgehead atoms. The average molecular weight is 370 g/mol. The predicted molar refractivity (Wildman–Crippen MR) is 97.9 cm³/mol. The molecule has 3 amide bonds. The van der Waals surface area contributed by atoms with E-state index in [1.54, 1.807) is 12.1 Å². The van der Waals surface area contributed by atoms with Gasteiger partial charge in [0.25, 0.3) is 17.7 Å². The van der Waals surface area contributed by atoms with Crippen molar-refractivity contribution < 1.29 is 23.9 Å². The van der Waals surface area contributed by atoms with Gasteiger partial charge in [0, 0.05) is 18.2 Å². The standard InChI is InChI=1S/C20H22N2O5/c1-13-5-2-3-8-16(13)21-17(23)12-27-20(26)14-6-4-7-15(11-14)22-18(24)9-10-19(22)25/h4,6-7,9-11,13,16H,2-3,5,8,12H2,1H3,(H,21,23)/t13-,16-/m1/s1. The van der Waals surface area contributed by atoms with Crippen molar-refractivity contribution in [2.24, 2.45) is 5.92 Å². The summed E-state index contributed by atoms with van der Waals surface area (Å²) in [7, 11) is 0. The molecule has 1 aliphatic carbocycles. The fourth-order valence-corrected chi connectivity index (χ4v) is 3.42. The summed E-state index contributed by atoms with van der Waals surface area (Å²) in [6.07, 6.45) is 6.63. The quantitative estimate of drug-likeness (QED) is 0.632. The summed E-state index contributed by atoms with van der Waals surface area (Å²) < 4.78 is 5.08. The van der Waals surface area contributed by atoms with Gasteiger partial charge in [-0.2, -0.15) is 0 Å². The van der Waals surface area contributed by atoms with Gasteiger partial charge in [-0.05, 0) is 37.0 Å². The summed E-state index contributed by atoms with van der Waals surface area (Å²) in [6, 6.07) is 6.12. The highest BCUT2D eigenvalue weighted by molar-refractivity contribution is 6.28. The maximum absolute atomic E-state index is 12.2. The van der Waals surface area contributed by atoms with Crippen LogP contribution >= 0.6 is 0 Å². The topological polar surface area (TPSA) is 92.8 Å². The van der Waals surface area contributed by atoms with Crippen LogP contribution < -0.4 is 10.2 Å². The van der Waals surface area contributed by atoms with E-state index in [0.29, 0.717) is 5.92 Å². The van der Waals surface area contributed by atoms with Crippen molar-refractivity contribution in [3.8, 4) is 0 Å². The number of amides is 3.